The van der Waals surface area contributed by atoms with Crippen molar-refractivity contribution in [2.24, 2.45) is 11.8 Å². The molecule has 1 aromatic heterocycles. The number of rotatable bonds is 7. The van der Waals surface area contributed by atoms with Crippen molar-refractivity contribution in [1.82, 2.24) is 19.1 Å². The summed E-state index contributed by atoms with van der Waals surface area (Å²) in [6, 6.07) is 3.29. The Morgan fingerprint density at radius 3 is 2.15 bits per heavy atom. The van der Waals surface area contributed by atoms with Crippen molar-refractivity contribution in [3.05, 3.63) is 41.1 Å². The lowest BCUT2D eigenvalue weighted by Crippen LogP contribution is -2.38. The first-order valence-corrected chi connectivity index (χ1v) is 15.1. The van der Waals surface area contributed by atoms with Crippen LogP contribution < -0.4 is 4.74 Å². The molecule has 0 radical (unpaired) electrons. The van der Waals surface area contributed by atoms with Crippen LogP contribution in [0.25, 0.3) is 0 Å². The second kappa shape index (κ2) is 10.4. The highest BCUT2D eigenvalue weighted by Crippen LogP contribution is 2.37. The molecular weight excluding hydrogens is 536 g/mol. The lowest BCUT2D eigenvalue weighted by Gasteiger charge is -2.25. The smallest absolute Gasteiger partial charge is 0.410 e. The number of amides is 2. The molecule has 1 aliphatic carbocycles. The van der Waals surface area contributed by atoms with Gasteiger partial charge in [0.25, 0.3) is 5.91 Å². The number of nitrogens with zero attached hydrogens (tertiary/aromatic N) is 4. The first-order valence-electron chi connectivity index (χ1n) is 13.7. The molecule has 3 aliphatic rings. The number of methoxy groups -OCH3 is 1. The van der Waals surface area contributed by atoms with E-state index in [4.69, 9.17) is 13.9 Å². The predicted octanol–water partition coefficient (Wildman–Crippen LogP) is 3.59. The maximum Gasteiger partial charge on any atom is 0.410 e. The van der Waals surface area contributed by atoms with Gasteiger partial charge in [-0.2, -0.15) is 4.31 Å². The summed E-state index contributed by atoms with van der Waals surface area (Å²) in [6.07, 6.45) is 2.50. The molecule has 2 unspecified atom stereocenters. The fourth-order valence-electron chi connectivity index (χ4n) is 5.74. The summed E-state index contributed by atoms with van der Waals surface area (Å²) < 4.78 is 45.4. The number of likely N-dealkylation sites (tertiary alicyclic amines) is 2. The van der Waals surface area contributed by atoms with Gasteiger partial charge in [-0.1, -0.05) is 0 Å². The zero-order chi connectivity index (χ0) is 29.0. The molecule has 0 bridgehead atoms. The molecule has 2 aromatic rings. The number of aromatic nitrogens is 1. The molecule has 1 aromatic carbocycles. The van der Waals surface area contributed by atoms with Crippen LogP contribution in [0.4, 0.5) is 4.79 Å². The van der Waals surface area contributed by atoms with E-state index in [1.807, 2.05) is 20.8 Å². The Morgan fingerprint density at radius 1 is 1.05 bits per heavy atom. The number of fused-ring (bicyclic) bond motifs is 1. The van der Waals surface area contributed by atoms with Crippen LogP contribution in [0.15, 0.2) is 27.7 Å². The van der Waals surface area contributed by atoms with Gasteiger partial charge in [0.2, 0.25) is 15.9 Å². The van der Waals surface area contributed by atoms with E-state index in [9.17, 15) is 18.0 Å². The van der Waals surface area contributed by atoms with Crippen LogP contribution >= 0.6 is 0 Å². The van der Waals surface area contributed by atoms with E-state index in [-0.39, 0.29) is 52.9 Å². The van der Waals surface area contributed by atoms with Gasteiger partial charge in [0, 0.05) is 44.1 Å². The average molecular weight is 575 g/mol. The number of carbonyl (C=O) groups is 2. The number of hydrogen-bond acceptors (Lipinski definition) is 8. The van der Waals surface area contributed by atoms with Crippen molar-refractivity contribution in [3.8, 4) is 5.75 Å². The highest BCUT2D eigenvalue weighted by Gasteiger charge is 2.45. The molecule has 0 spiro atoms. The summed E-state index contributed by atoms with van der Waals surface area (Å²) in [6.45, 7) is 11.1. The van der Waals surface area contributed by atoms with Crippen LogP contribution in [-0.2, 0) is 21.3 Å². The molecule has 3 fully saturated rings. The molecule has 2 amide bonds. The highest BCUT2D eigenvalue weighted by atomic mass is 32.2. The van der Waals surface area contributed by atoms with Gasteiger partial charge in [0.1, 0.15) is 17.6 Å². The second-order valence-corrected chi connectivity index (χ2v) is 13.9. The van der Waals surface area contributed by atoms with E-state index < -0.39 is 15.6 Å². The van der Waals surface area contributed by atoms with Crippen LogP contribution in [0.2, 0.25) is 0 Å². The third-order valence-electron chi connectivity index (χ3n) is 7.68. The maximum atomic E-state index is 13.8. The first kappa shape index (κ1) is 28.4. The Hall–Kier alpha value is -3.12. The van der Waals surface area contributed by atoms with Gasteiger partial charge in [0.05, 0.1) is 18.6 Å². The van der Waals surface area contributed by atoms with Gasteiger partial charge in [-0.15, -0.1) is 0 Å². The second-order valence-electron chi connectivity index (χ2n) is 12.1. The zero-order valence-electron chi connectivity index (χ0n) is 24.0. The van der Waals surface area contributed by atoms with Crippen LogP contribution in [0, 0.1) is 25.7 Å². The third-order valence-corrected chi connectivity index (χ3v) is 9.88. The topological polar surface area (TPSA) is 122 Å². The Kier molecular flexibility index (Phi) is 7.37. The van der Waals surface area contributed by atoms with Crippen LogP contribution in [0.5, 0.6) is 5.75 Å². The predicted molar refractivity (Wildman–Crippen MR) is 145 cm³/mol. The third kappa shape index (κ3) is 5.69. The normalized spacial score (nSPS) is 21.2. The van der Waals surface area contributed by atoms with Gasteiger partial charge in [-0.05, 0) is 70.7 Å². The SMILES string of the molecule is COc1cc(C)c(S(=O)(=O)N(Cc2nc(C(=O)N3CC4CN(C(=O)OC(C)(C)C)CC4C3)co2)C2CC2)c(C)c1. The Balaban J connectivity index is 1.25. The fourth-order valence-corrected chi connectivity index (χ4v) is 7.79. The molecule has 5 rings (SSSR count). The molecule has 40 heavy (non-hydrogen) atoms. The lowest BCUT2D eigenvalue weighted by atomic mass is 10.0. The highest BCUT2D eigenvalue weighted by molar-refractivity contribution is 7.89. The van der Waals surface area contributed by atoms with Crippen molar-refractivity contribution in [2.45, 2.75) is 70.5 Å². The number of benzene rings is 1. The zero-order valence-corrected chi connectivity index (χ0v) is 24.8. The lowest BCUT2D eigenvalue weighted by molar-refractivity contribution is 0.0275. The summed E-state index contributed by atoms with van der Waals surface area (Å²) in [7, 11) is -2.29. The van der Waals surface area contributed by atoms with E-state index in [0.717, 1.165) is 12.8 Å². The van der Waals surface area contributed by atoms with Gasteiger partial charge < -0.3 is 23.7 Å². The summed E-state index contributed by atoms with van der Waals surface area (Å²) in [5, 5.41) is 0. The molecule has 218 valence electrons. The molecule has 2 aliphatic heterocycles. The summed E-state index contributed by atoms with van der Waals surface area (Å²) in [5.41, 5.74) is 0.817. The number of hydrogen-bond donors (Lipinski definition) is 0. The average Bonchev–Trinajstić information content (AvgIpc) is 3.25. The van der Waals surface area contributed by atoms with E-state index in [2.05, 4.69) is 4.98 Å². The molecule has 0 N–H and O–H groups in total. The van der Waals surface area contributed by atoms with E-state index in [1.165, 1.54) is 10.6 Å². The molecule has 2 saturated heterocycles. The Labute approximate surface area is 235 Å². The minimum atomic E-state index is -3.84. The number of ether oxygens (including phenoxy) is 2. The van der Waals surface area contributed by atoms with Gasteiger partial charge in [0.15, 0.2) is 5.69 Å². The van der Waals surface area contributed by atoms with Crippen LogP contribution in [0.3, 0.4) is 0 Å². The van der Waals surface area contributed by atoms with E-state index in [1.54, 1.807) is 42.9 Å². The monoisotopic (exact) mass is 574 g/mol. The van der Waals surface area contributed by atoms with Crippen molar-refractivity contribution in [2.75, 3.05) is 33.3 Å². The van der Waals surface area contributed by atoms with Crippen molar-refractivity contribution < 1.29 is 31.9 Å². The molecule has 11 nitrogen and oxygen atoms in total. The maximum absolute atomic E-state index is 13.8. The Bertz CT molecular complexity index is 1370. The molecule has 12 heteroatoms. The van der Waals surface area contributed by atoms with Crippen molar-refractivity contribution in [1.29, 1.82) is 0 Å². The standard InChI is InChI=1S/C28H38N4O7S/c1-17-9-22(37-6)10-18(2)25(17)40(35,36)32(21-7-8-21)15-24-29-23(16-38-24)26(33)30-11-19-13-31(14-20(19)12-30)27(34)39-28(3,4)5/h9-10,16,19-21H,7-8,11-15H2,1-6H3. The first-order chi connectivity index (χ1) is 18.8. The quantitative estimate of drug-likeness (QED) is 0.492. The van der Waals surface area contributed by atoms with Crippen molar-refractivity contribution >= 4 is 22.0 Å². The fraction of sp³-hybridized carbons (Fsp3) is 0.607. The van der Waals surface area contributed by atoms with Crippen molar-refractivity contribution in [3.63, 3.8) is 0 Å². The molecule has 2 atom stereocenters. The minimum Gasteiger partial charge on any atom is -0.497 e. The van der Waals surface area contributed by atoms with Gasteiger partial charge in [-0.3, -0.25) is 4.79 Å². The summed E-state index contributed by atoms with van der Waals surface area (Å²) in [4.78, 5) is 33.8. The number of aryl methyl sites for hydroxylation is 2. The molecule has 1 saturated carbocycles. The summed E-state index contributed by atoms with van der Waals surface area (Å²) in [5.74, 6) is 0.879. The molecular formula is C28H38N4O7S. The number of sulfonamides is 1. The Morgan fingerprint density at radius 2 is 1.62 bits per heavy atom. The van der Waals surface area contributed by atoms with Gasteiger partial charge in [-0.25, -0.2) is 18.2 Å². The largest absolute Gasteiger partial charge is 0.497 e. The van der Waals surface area contributed by atoms with Gasteiger partial charge >= 0.3 is 6.09 Å². The van der Waals surface area contributed by atoms with Crippen LogP contribution in [-0.4, -0.2) is 84.4 Å². The summed E-state index contributed by atoms with van der Waals surface area (Å²) >= 11 is 0. The number of oxazole rings is 1. The molecule has 3 heterocycles. The van der Waals surface area contributed by atoms with E-state index >= 15 is 0 Å². The van der Waals surface area contributed by atoms with Crippen LogP contribution in [0.1, 0.15) is 61.1 Å². The van der Waals surface area contributed by atoms with E-state index in [0.29, 0.717) is 43.1 Å². The minimum absolute atomic E-state index is 0.0543. The number of carbonyl (C=O) groups excluding carboxylic acids is 2.